The van der Waals surface area contributed by atoms with E-state index < -0.39 is 13.9 Å². The maximum absolute atomic E-state index is 12.5. The number of allylic oxidation sites excluding steroid dienone is 8. The van der Waals surface area contributed by atoms with E-state index in [2.05, 4.69) is 62.5 Å². The minimum atomic E-state index is -4.26. The molecule has 0 saturated carbocycles. The zero-order chi connectivity index (χ0) is 38.4. The fourth-order valence-corrected chi connectivity index (χ4v) is 6.17. The SMILES string of the molecule is CC/C=C\C/C=C\C/C=C\C/C=C\CCCCCCCCCCCCCOCC(COP(=O)(O)OCC[N+](C)(C)C)OC(=O)CCCCCCCC. The number of likely N-dealkylation sites (N-methyl/N-ethyl adjacent to an activating group) is 1. The van der Waals surface area contributed by atoms with Crippen molar-refractivity contribution in [3.8, 4) is 0 Å². The largest absolute Gasteiger partial charge is 0.472 e. The molecule has 52 heavy (non-hydrogen) atoms. The van der Waals surface area contributed by atoms with E-state index in [1.54, 1.807) is 0 Å². The van der Waals surface area contributed by atoms with Crippen molar-refractivity contribution in [2.24, 2.45) is 0 Å². The number of esters is 1. The van der Waals surface area contributed by atoms with Gasteiger partial charge in [0.15, 0.2) is 0 Å². The van der Waals surface area contributed by atoms with Crippen molar-refractivity contribution in [3.63, 3.8) is 0 Å². The highest BCUT2D eigenvalue weighted by molar-refractivity contribution is 7.47. The van der Waals surface area contributed by atoms with Crippen molar-refractivity contribution in [1.29, 1.82) is 0 Å². The Kier molecular flexibility index (Phi) is 35.4. The normalized spacial score (nSPS) is 14.3. The molecule has 9 heteroatoms. The highest BCUT2D eigenvalue weighted by Crippen LogP contribution is 2.43. The van der Waals surface area contributed by atoms with E-state index >= 15 is 0 Å². The van der Waals surface area contributed by atoms with Gasteiger partial charge in [-0.15, -0.1) is 0 Å². The van der Waals surface area contributed by atoms with Crippen LogP contribution in [0.4, 0.5) is 0 Å². The number of quaternary nitrogens is 1. The molecule has 0 rings (SSSR count). The lowest BCUT2D eigenvalue weighted by Gasteiger charge is -2.24. The van der Waals surface area contributed by atoms with Crippen LogP contribution in [0.5, 0.6) is 0 Å². The Morgan fingerprint density at radius 3 is 1.67 bits per heavy atom. The van der Waals surface area contributed by atoms with Gasteiger partial charge in [0, 0.05) is 13.0 Å². The quantitative estimate of drug-likeness (QED) is 0.0221. The molecule has 2 atom stereocenters. The Hall–Kier alpha value is -1.54. The van der Waals surface area contributed by atoms with Crippen molar-refractivity contribution in [2.75, 3.05) is 54.1 Å². The third kappa shape index (κ3) is 39.7. The molecule has 0 spiro atoms. The van der Waals surface area contributed by atoms with Crippen molar-refractivity contribution in [2.45, 2.75) is 168 Å². The maximum Gasteiger partial charge on any atom is 0.472 e. The van der Waals surface area contributed by atoms with Gasteiger partial charge in [0.1, 0.15) is 19.3 Å². The number of carbonyl (C=O) groups is 1. The summed E-state index contributed by atoms with van der Waals surface area (Å²) in [5, 5.41) is 0. The predicted molar refractivity (Wildman–Crippen MR) is 219 cm³/mol. The van der Waals surface area contributed by atoms with Gasteiger partial charge < -0.3 is 18.9 Å². The third-order valence-electron chi connectivity index (χ3n) is 8.65. The van der Waals surface area contributed by atoms with Gasteiger partial charge in [0.2, 0.25) is 0 Å². The standard InChI is InChI=1S/C43H80NO7P/c1-6-8-10-12-14-15-16-17-18-19-20-21-22-23-24-25-26-27-28-29-30-31-33-35-38-48-40-42(51-43(45)36-34-32-13-11-9-7-2)41-50-52(46,47)49-39-37-44(3,4)5/h8,10,14-15,17-18,20-21,42H,6-7,9,11-13,16,19,22-41H2,1-5H3/p+1/b10-8-,15-14-,18-17-,21-20-. The summed E-state index contributed by atoms with van der Waals surface area (Å²) in [7, 11) is 1.66. The highest BCUT2D eigenvalue weighted by Gasteiger charge is 2.26. The first kappa shape index (κ1) is 50.5. The van der Waals surface area contributed by atoms with Gasteiger partial charge in [0.05, 0.1) is 34.4 Å². The number of unbranched alkanes of at least 4 members (excludes halogenated alkanes) is 16. The van der Waals surface area contributed by atoms with Crippen LogP contribution >= 0.6 is 7.82 Å². The molecule has 0 amide bonds. The van der Waals surface area contributed by atoms with Crippen LogP contribution in [0, 0.1) is 0 Å². The summed E-state index contributed by atoms with van der Waals surface area (Å²) in [6.07, 6.45) is 43.2. The molecule has 0 aromatic rings. The molecule has 0 aliphatic heterocycles. The lowest BCUT2D eigenvalue weighted by Crippen LogP contribution is -2.37. The highest BCUT2D eigenvalue weighted by atomic mass is 31.2. The first-order chi connectivity index (χ1) is 25.1. The molecule has 8 nitrogen and oxygen atoms in total. The first-order valence-electron chi connectivity index (χ1n) is 20.9. The Bertz CT molecular complexity index is 973. The summed E-state index contributed by atoms with van der Waals surface area (Å²) in [4.78, 5) is 22.6. The third-order valence-corrected chi connectivity index (χ3v) is 9.64. The van der Waals surface area contributed by atoms with Crippen LogP contribution in [0.1, 0.15) is 162 Å². The summed E-state index contributed by atoms with van der Waals surface area (Å²) >= 11 is 0. The Morgan fingerprint density at radius 1 is 0.615 bits per heavy atom. The van der Waals surface area contributed by atoms with Crippen LogP contribution in [-0.2, 0) is 27.9 Å². The smallest absolute Gasteiger partial charge is 0.457 e. The Labute approximate surface area is 320 Å². The van der Waals surface area contributed by atoms with Gasteiger partial charge in [-0.1, -0.05) is 152 Å². The molecule has 1 N–H and O–H groups in total. The van der Waals surface area contributed by atoms with Crippen molar-refractivity contribution in [1.82, 2.24) is 0 Å². The minimum Gasteiger partial charge on any atom is -0.457 e. The number of nitrogens with zero attached hydrogens (tertiary/aromatic N) is 1. The van der Waals surface area contributed by atoms with Crippen molar-refractivity contribution < 1.29 is 37.3 Å². The van der Waals surface area contributed by atoms with Gasteiger partial charge in [-0.2, -0.15) is 0 Å². The Morgan fingerprint density at radius 2 is 1.12 bits per heavy atom. The molecule has 0 heterocycles. The predicted octanol–water partition coefficient (Wildman–Crippen LogP) is 12.0. The van der Waals surface area contributed by atoms with E-state index in [-0.39, 0.29) is 25.8 Å². The molecule has 0 aliphatic carbocycles. The molecule has 0 aromatic heterocycles. The maximum atomic E-state index is 12.5. The lowest BCUT2D eigenvalue weighted by molar-refractivity contribution is -0.870. The second-order valence-corrected chi connectivity index (χ2v) is 16.4. The summed E-state index contributed by atoms with van der Waals surface area (Å²) < 4.78 is 34.7. The van der Waals surface area contributed by atoms with Crippen molar-refractivity contribution >= 4 is 13.8 Å². The van der Waals surface area contributed by atoms with Gasteiger partial charge in [-0.25, -0.2) is 4.57 Å². The molecule has 0 radical (unpaired) electrons. The van der Waals surface area contributed by atoms with E-state index in [1.165, 1.54) is 83.5 Å². The number of phosphoric acid groups is 1. The van der Waals surface area contributed by atoms with E-state index in [0.717, 1.165) is 57.8 Å². The average molecular weight is 755 g/mol. The van der Waals surface area contributed by atoms with Crippen LogP contribution in [0.2, 0.25) is 0 Å². The second kappa shape index (κ2) is 36.4. The van der Waals surface area contributed by atoms with E-state index in [1.807, 2.05) is 21.1 Å². The lowest BCUT2D eigenvalue weighted by atomic mass is 10.1. The molecule has 0 bridgehead atoms. The van der Waals surface area contributed by atoms with Crippen LogP contribution in [-0.4, -0.2) is 75.6 Å². The molecule has 0 saturated heterocycles. The molecule has 0 fully saturated rings. The van der Waals surface area contributed by atoms with E-state index in [4.69, 9.17) is 18.5 Å². The number of hydrogen-bond acceptors (Lipinski definition) is 6. The minimum absolute atomic E-state index is 0.0873. The average Bonchev–Trinajstić information content (AvgIpc) is 3.09. The topological polar surface area (TPSA) is 91.3 Å². The summed E-state index contributed by atoms with van der Waals surface area (Å²) in [6, 6.07) is 0. The zero-order valence-electron chi connectivity index (χ0n) is 34.3. The summed E-state index contributed by atoms with van der Waals surface area (Å²) in [6.45, 7) is 5.43. The number of carbonyl (C=O) groups excluding carboxylic acids is 1. The number of ether oxygens (including phenoxy) is 2. The summed E-state index contributed by atoms with van der Waals surface area (Å²) in [5.74, 6) is -0.326. The number of phosphoric ester groups is 1. The van der Waals surface area contributed by atoms with E-state index in [0.29, 0.717) is 24.1 Å². The fourth-order valence-electron chi connectivity index (χ4n) is 5.42. The van der Waals surface area contributed by atoms with Gasteiger partial charge in [-0.05, 0) is 51.4 Å². The summed E-state index contributed by atoms with van der Waals surface area (Å²) in [5.41, 5.74) is 0. The molecule has 304 valence electrons. The van der Waals surface area contributed by atoms with Gasteiger partial charge in [-0.3, -0.25) is 13.8 Å². The zero-order valence-corrected chi connectivity index (χ0v) is 35.2. The van der Waals surface area contributed by atoms with Crippen LogP contribution in [0.3, 0.4) is 0 Å². The van der Waals surface area contributed by atoms with Gasteiger partial charge in [0.25, 0.3) is 0 Å². The molecule has 2 unspecified atom stereocenters. The molecule has 0 aliphatic rings. The number of hydrogen-bond donors (Lipinski definition) is 1. The van der Waals surface area contributed by atoms with Gasteiger partial charge >= 0.3 is 13.8 Å². The van der Waals surface area contributed by atoms with Crippen LogP contribution < -0.4 is 0 Å². The monoisotopic (exact) mass is 755 g/mol. The van der Waals surface area contributed by atoms with E-state index in [9.17, 15) is 14.3 Å². The Balaban J connectivity index is 4.00. The molecule has 0 aromatic carbocycles. The molecular formula is C43H81NO7P+. The van der Waals surface area contributed by atoms with Crippen LogP contribution in [0.15, 0.2) is 48.6 Å². The fraction of sp³-hybridized carbons (Fsp3) is 0.791. The van der Waals surface area contributed by atoms with Crippen molar-refractivity contribution in [3.05, 3.63) is 48.6 Å². The first-order valence-corrected chi connectivity index (χ1v) is 22.4. The molecular weight excluding hydrogens is 673 g/mol. The van der Waals surface area contributed by atoms with Crippen LogP contribution in [0.25, 0.3) is 0 Å². The number of rotatable bonds is 38. The second-order valence-electron chi connectivity index (χ2n) is 15.0.